The van der Waals surface area contributed by atoms with E-state index < -0.39 is 46.2 Å². The highest BCUT2D eigenvalue weighted by molar-refractivity contribution is 6.03. The summed E-state index contributed by atoms with van der Waals surface area (Å²) in [5.41, 5.74) is 2.15. The first kappa shape index (κ1) is 24.6. The van der Waals surface area contributed by atoms with Gasteiger partial charge in [-0.25, -0.2) is 9.37 Å². The summed E-state index contributed by atoms with van der Waals surface area (Å²) in [6.07, 6.45) is -2.95. The van der Waals surface area contributed by atoms with Crippen LogP contribution in [0, 0.1) is 18.6 Å². The Bertz CT molecular complexity index is 1580. The largest absolute Gasteiger partial charge is 0.490 e. The van der Waals surface area contributed by atoms with E-state index in [1.165, 1.54) is 12.3 Å². The summed E-state index contributed by atoms with van der Waals surface area (Å²) in [6, 6.07) is 4.02. The van der Waals surface area contributed by atoms with Crippen LogP contribution in [0.1, 0.15) is 21.7 Å². The van der Waals surface area contributed by atoms with Crippen molar-refractivity contribution in [2.45, 2.75) is 13.1 Å². The fourth-order valence-electron chi connectivity index (χ4n) is 3.71. The molecule has 0 aliphatic carbocycles. The molecule has 1 aromatic carbocycles. The van der Waals surface area contributed by atoms with Gasteiger partial charge in [-0.2, -0.15) is 17.6 Å². The van der Waals surface area contributed by atoms with Crippen LogP contribution in [0.15, 0.2) is 41.5 Å². The molecule has 3 N–H and O–H groups in total. The number of ether oxygens (including phenoxy) is 2. The second-order valence-corrected chi connectivity index (χ2v) is 7.46. The zero-order chi connectivity index (χ0) is 26.4. The first-order valence-corrected chi connectivity index (χ1v) is 10.0. The van der Waals surface area contributed by atoms with Crippen LogP contribution < -0.4 is 20.6 Å². The maximum atomic E-state index is 14.2. The third kappa shape index (κ3) is 4.19. The number of methoxy groups -OCH3 is 1. The van der Waals surface area contributed by atoms with Gasteiger partial charge in [-0.1, -0.05) is 0 Å². The standard InChI is InChI=1S/C23H15F5N4O4/c1-9-16(12-7-13(33)17-11(32-12)5-6-30-19(17)22(29)34)15(8-31-21(9)23(26,27)28)36-14-4-3-10(24)18(25)20(14)35-2/h3-8H,1-2H3,(H2,29,34)(H,32,33). The van der Waals surface area contributed by atoms with Crippen LogP contribution in [-0.2, 0) is 6.18 Å². The van der Waals surface area contributed by atoms with E-state index in [4.69, 9.17) is 15.2 Å². The van der Waals surface area contributed by atoms with Crippen molar-refractivity contribution in [1.29, 1.82) is 0 Å². The lowest BCUT2D eigenvalue weighted by Gasteiger charge is -2.19. The Morgan fingerprint density at radius 3 is 2.47 bits per heavy atom. The second kappa shape index (κ2) is 8.91. The number of amides is 1. The lowest BCUT2D eigenvalue weighted by atomic mass is 10.0. The van der Waals surface area contributed by atoms with Gasteiger partial charge in [0, 0.05) is 17.8 Å². The minimum absolute atomic E-state index is 0.0578. The SMILES string of the molecule is COc1c(Oc2cnc(C(F)(F)F)c(C)c2-c2cc(=O)c3c(C(N)=O)nccc3[nH]2)ccc(F)c1F. The Morgan fingerprint density at radius 1 is 1.11 bits per heavy atom. The van der Waals surface area contributed by atoms with Crippen LogP contribution in [0.5, 0.6) is 17.2 Å². The van der Waals surface area contributed by atoms with Crippen LogP contribution in [0.3, 0.4) is 0 Å². The van der Waals surface area contributed by atoms with Gasteiger partial charge in [-0.3, -0.25) is 14.6 Å². The molecule has 8 nitrogen and oxygen atoms in total. The number of carbonyl (C=O) groups excluding carboxylic acids is 1. The van der Waals surface area contributed by atoms with Crippen molar-refractivity contribution in [3.05, 3.63) is 75.5 Å². The van der Waals surface area contributed by atoms with Crippen LogP contribution in [0.2, 0.25) is 0 Å². The van der Waals surface area contributed by atoms with Gasteiger partial charge in [-0.05, 0) is 30.7 Å². The summed E-state index contributed by atoms with van der Waals surface area (Å²) in [5, 5.41) is -0.166. The summed E-state index contributed by atoms with van der Waals surface area (Å²) in [7, 11) is 1.05. The number of H-pyrrole nitrogens is 1. The number of fused-ring (bicyclic) bond motifs is 1. The van der Waals surface area contributed by atoms with Crippen LogP contribution in [0.4, 0.5) is 22.0 Å². The maximum Gasteiger partial charge on any atom is 0.433 e. The van der Waals surface area contributed by atoms with Crippen molar-refractivity contribution >= 4 is 16.8 Å². The Morgan fingerprint density at radius 2 is 1.83 bits per heavy atom. The van der Waals surface area contributed by atoms with Gasteiger partial charge < -0.3 is 20.2 Å². The minimum Gasteiger partial charge on any atom is -0.490 e. The maximum absolute atomic E-state index is 14.2. The molecule has 1 amide bonds. The van der Waals surface area contributed by atoms with Crippen molar-refractivity contribution in [1.82, 2.24) is 15.0 Å². The molecule has 4 rings (SSSR count). The molecule has 186 valence electrons. The van der Waals surface area contributed by atoms with Gasteiger partial charge in [0.15, 0.2) is 22.7 Å². The number of primary amides is 1. The number of aromatic amines is 1. The molecule has 3 aromatic heterocycles. The summed E-state index contributed by atoms with van der Waals surface area (Å²) in [6.45, 7) is 1.10. The third-order valence-electron chi connectivity index (χ3n) is 5.24. The number of nitrogens with two attached hydrogens (primary N) is 1. The Hall–Kier alpha value is -4.55. The first-order valence-electron chi connectivity index (χ1n) is 10.0. The van der Waals surface area contributed by atoms with E-state index in [1.807, 2.05) is 0 Å². The first-order chi connectivity index (χ1) is 16.9. The smallest absolute Gasteiger partial charge is 0.433 e. The van der Waals surface area contributed by atoms with Crippen molar-refractivity contribution in [2.75, 3.05) is 7.11 Å². The molecular formula is C23H15F5N4O4. The number of carbonyl (C=O) groups is 1. The zero-order valence-corrected chi connectivity index (χ0v) is 18.5. The average molecular weight is 506 g/mol. The third-order valence-corrected chi connectivity index (χ3v) is 5.24. The molecule has 0 radical (unpaired) electrons. The van der Waals surface area contributed by atoms with Crippen molar-refractivity contribution in [2.24, 2.45) is 5.73 Å². The highest BCUT2D eigenvalue weighted by atomic mass is 19.4. The molecule has 0 fully saturated rings. The van der Waals surface area contributed by atoms with E-state index in [1.54, 1.807) is 0 Å². The summed E-state index contributed by atoms with van der Waals surface area (Å²) >= 11 is 0. The highest BCUT2D eigenvalue weighted by Gasteiger charge is 2.36. The molecule has 3 heterocycles. The summed E-state index contributed by atoms with van der Waals surface area (Å²) in [5.74, 6) is -4.92. The van der Waals surface area contributed by atoms with E-state index >= 15 is 0 Å². The van der Waals surface area contributed by atoms with Gasteiger partial charge in [0.2, 0.25) is 11.6 Å². The van der Waals surface area contributed by atoms with Crippen molar-refractivity contribution < 1.29 is 36.2 Å². The fourth-order valence-corrected chi connectivity index (χ4v) is 3.71. The monoisotopic (exact) mass is 506 g/mol. The number of nitrogens with one attached hydrogen (secondary N) is 1. The van der Waals surface area contributed by atoms with Gasteiger partial charge in [0.1, 0.15) is 11.4 Å². The number of hydrogen-bond donors (Lipinski definition) is 2. The van der Waals surface area contributed by atoms with E-state index in [0.29, 0.717) is 0 Å². The van der Waals surface area contributed by atoms with Gasteiger partial charge >= 0.3 is 6.18 Å². The predicted octanol–water partition coefficient (Wildman–Crippen LogP) is 4.49. The van der Waals surface area contributed by atoms with Gasteiger partial charge in [0.25, 0.3) is 5.91 Å². The van der Waals surface area contributed by atoms with E-state index in [9.17, 15) is 31.5 Å². The predicted molar refractivity (Wildman–Crippen MR) is 117 cm³/mol. The van der Waals surface area contributed by atoms with Gasteiger partial charge in [0.05, 0.1) is 29.9 Å². The Labute approximate surface area is 198 Å². The lowest BCUT2D eigenvalue weighted by Crippen LogP contribution is -2.18. The fraction of sp³-hybridized carbons (Fsp3) is 0.130. The van der Waals surface area contributed by atoms with Gasteiger partial charge in [-0.15, -0.1) is 0 Å². The quantitative estimate of drug-likeness (QED) is 0.385. The number of rotatable bonds is 5. The van der Waals surface area contributed by atoms with Crippen molar-refractivity contribution in [3.8, 4) is 28.5 Å². The van der Waals surface area contributed by atoms with E-state index in [-0.39, 0.29) is 39.4 Å². The molecule has 0 aliphatic heterocycles. The molecule has 4 aromatic rings. The number of pyridine rings is 3. The molecular weight excluding hydrogens is 491 g/mol. The molecule has 0 bridgehead atoms. The normalized spacial score (nSPS) is 11.5. The Kier molecular flexibility index (Phi) is 6.08. The number of halogens is 5. The molecule has 0 unspecified atom stereocenters. The molecule has 0 aliphatic rings. The number of nitrogens with zero attached hydrogens (tertiary/aromatic N) is 2. The topological polar surface area (TPSA) is 120 Å². The summed E-state index contributed by atoms with van der Waals surface area (Å²) in [4.78, 5) is 34.6. The van der Waals surface area contributed by atoms with Crippen LogP contribution in [0.25, 0.3) is 22.2 Å². The van der Waals surface area contributed by atoms with E-state index in [0.717, 1.165) is 38.4 Å². The zero-order valence-electron chi connectivity index (χ0n) is 18.5. The van der Waals surface area contributed by atoms with Crippen LogP contribution >= 0.6 is 0 Å². The molecule has 0 saturated heterocycles. The second-order valence-electron chi connectivity index (χ2n) is 7.46. The number of aromatic nitrogens is 3. The molecule has 0 spiro atoms. The lowest BCUT2D eigenvalue weighted by molar-refractivity contribution is -0.141. The Balaban J connectivity index is 2.01. The minimum atomic E-state index is -4.86. The molecule has 0 atom stereocenters. The molecule has 36 heavy (non-hydrogen) atoms. The number of hydrogen-bond acceptors (Lipinski definition) is 6. The number of alkyl halides is 3. The van der Waals surface area contributed by atoms with Crippen molar-refractivity contribution in [3.63, 3.8) is 0 Å². The van der Waals surface area contributed by atoms with E-state index in [2.05, 4.69) is 15.0 Å². The number of benzene rings is 1. The molecule has 13 heteroatoms. The van der Waals surface area contributed by atoms with Crippen LogP contribution in [-0.4, -0.2) is 28.0 Å². The molecule has 0 saturated carbocycles. The highest BCUT2D eigenvalue weighted by Crippen LogP contribution is 2.43. The average Bonchev–Trinajstić information content (AvgIpc) is 2.80. The summed E-state index contributed by atoms with van der Waals surface area (Å²) < 4.78 is 79.2.